The fourth-order valence-corrected chi connectivity index (χ4v) is 4.45. The van der Waals surface area contributed by atoms with Crippen molar-refractivity contribution in [3.8, 4) is 0 Å². The average molecular weight is 434 g/mol. The van der Waals surface area contributed by atoms with E-state index in [1.165, 1.54) is 0 Å². The Hall–Kier alpha value is -2.83. The van der Waals surface area contributed by atoms with Crippen LogP contribution in [-0.2, 0) is 0 Å². The number of para-hydroxylation sites is 2. The van der Waals surface area contributed by atoms with Crippen LogP contribution in [0, 0.1) is 0 Å². The molecular weight excluding hydrogens is 422 g/mol. The third kappa shape index (κ3) is 2.97. The molecule has 0 aliphatic carbocycles. The van der Waals surface area contributed by atoms with Crippen LogP contribution in [0.15, 0.2) is 71.2 Å². The molecule has 0 spiro atoms. The van der Waals surface area contributed by atoms with E-state index in [4.69, 9.17) is 9.97 Å². The zero-order valence-electron chi connectivity index (χ0n) is 13.9. The maximum Gasteiger partial charge on any atom is 0.255 e. The lowest BCUT2D eigenvalue weighted by atomic mass is 10.1. The Bertz CT molecular complexity index is 1350. The Labute approximate surface area is 167 Å². The minimum atomic E-state index is -0.150. The van der Waals surface area contributed by atoms with Crippen LogP contribution >= 0.6 is 27.3 Å². The Morgan fingerprint density at radius 3 is 2.56 bits per heavy atom. The van der Waals surface area contributed by atoms with Crippen LogP contribution in [0.4, 0.5) is 5.69 Å². The van der Waals surface area contributed by atoms with Gasteiger partial charge in [-0.2, -0.15) is 0 Å². The molecule has 130 valence electrons. The number of amides is 1. The van der Waals surface area contributed by atoms with Crippen LogP contribution in [0.2, 0.25) is 0 Å². The van der Waals surface area contributed by atoms with E-state index < -0.39 is 0 Å². The number of benzene rings is 3. The summed E-state index contributed by atoms with van der Waals surface area (Å²) < 4.78 is 1.99. The lowest BCUT2D eigenvalue weighted by molar-refractivity contribution is 0.102. The van der Waals surface area contributed by atoms with E-state index in [1.807, 2.05) is 66.7 Å². The highest BCUT2D eigenvalue weighted by Crippen LogP contribution is 2.33. The van der Waals surface area contributed by atoms with Gasteiger partial charge in [-0.05, 0) is 48.5 Å². The largest absolute Gasteiger partial charge is 0.322 e. The molecule has 0 aliphatic heterocycles. The van der Waals surface area contributed by atoms with Crippen molar-refractivity contribution in [2.75, 3.05) is 5.32 Å². The second kappa shape index (κ2) is 6.40. The van der Waals surface area contributed by atoms with Gasteiger partial charge in [0.15, 0.2) is 0 Å². The minimum absolute atomic E-state index is 0.150. The number of aromatic nitrogens is 2. The topological polar surface area (TPSA) is 54.9 Å². The summed E-state index contributed by atoms with van der Waals surface area (Å²) in [6, 6.07) is 21.1. The monoisotopic (exact) mass is 433 g/mol. The number of nitrogens with one attached hydrogen (secondary N) is 1. The van der Waals surface area contributed by atoms with Gasteiger partial charge >= 0.3 is 0 Å². The number of nitrogens with zero attached hydrogens (tertiary/aromatic N) is 2. The first-order valence-electron chi connectivity index (χ1n) is 8.33. The minimum Gasteiger partial charge on any atom is -0.322 e. The summed E-state index contributed by atoms with van der Waals surface area (Å²) in [5.41, 5.74) is 3.91. The first-order valence-corrected chi connectivity index (χ1v) is 9.94. The van der Waals surface area contributed by atoms with E-state index in [0.29, 0.717) is 5.56 Å². The number of hydrogen-bond acceptors (Lipinski definition) is 4. The van der Waals surface area contributed by atoms with E-state index >= 15 is 0 Å². The van der Waals surface area contributed by atoms with Gasteiger partial charge in [0, 0.05) is 25.8 Å². The third-order valence-corrected chi connectivity index (χ3v) is 5.87. The van der Waals surface area contributed by atoms with E-state index in [2.05, 4.69) is 21.2 Å². The van der Waals surface area contributed by atoms with Crippen molar-refractivity contribution in [1.82, 2.24) is 9.97 Å². The van der Waals surface area contributed by atoms with Gasteiger partial charge in [0.2, 0.25) is 0 Å². The first-order chi connectivity index (χ1) is 13.2. The molecule has 0 radical (unpaired) electrons. The van der Waals surface area contributed by atoms with Crippen molar-refractivity contribution in [2.24, 2.45) is 0 Å². The molecule has 5 rings (SSSR count). The van der Waals surface area contributed by atoms with Gasteiger partial charge in [0.25, 0.3) is 5.91 Å². The van der Waals surface area contributed by atoms with Crippen molar-refractivity contribution in [3.05, 3.63) is 76.8 Å². The number of fused-ring (bicyclic) bond motifs is 4. The van der Waals surface area contributed by atoms with Gasteiger partial charge in [0.05, 0.1) is 11.0 Å². The second-order valence-corrected chi connectivity index (χ2v) is 8.09. The lowest BCUT2D eigenvalue weighted by Gasteiger charge is -2.06. The van der Waals surface area contributed by atoms with Crippen LogP contribution in [0.3, 0.4) is 0 Å². The number of thiophene rings is 1. The standard InChI is InChI=1S/C21H12BrN3OS/c22-13-4-3-5-14(11-13)23-20(26)12-8-9-18-15(10-12)19-21(27-18)25-17-7-2-1-6-16(17)24-19/h1-11H,(H,23,26). The molecule has 1 N–H and O–H groups in total. The molecule has 0 aliphatic rings. The summed E-state index contributed by atoms with van der Waals surface area (Å²) in [4.78, 5) is 23.1. The van der Waals surface area contributed by atoms with Crippen LogP contribution in [0.5, 0.6) is 0 Å². The normalized spacial score (nSPS) is 11.3. The lowest BCUT2D eigenvalue weighted by Crippen LogP contribution is -2.11. The molecule has 0 unspecified atom stereocenters. The molecule has 0 bridgehead atoms. The summed E-state index contributed by atoms with van der Waals surface area (Å²) in [6.45, 7) is 0. The Kier molecular flexibility index (Phi) is 3.88. The smallest absolute Gasteiger partial charge is 0.255 e. The summed E-state index contributed by atoms with van der Waals surface area (Å²) in [5, 5.41) is 3.89. The number of halogens is 1. The number of carbonyl (C=O) groups is 1. The van der Waals surface area contributed by atoms with Gasteiger partial charge in [-0.1, -0.05) is 34.1 Å². The van der Waals surface area contributed by atoms with Crippen molar-refractivity contribution in [2.45, 2.75) is 0 Å². The molecular formula is C21H12BrN3OS. The summed E-state index contributed by atoms with van der Waals surface area (Å²) in [5.74, 6) is -0.150. The Morgan fingerprint density at radius 2 is 1.74 bits per heavy atom. The Morgan fingerprint density at radius 1 is 0.926 bits per heavy atom. The van der Waals surface area contributed by atoms with Crippen LogP contribution < -0.4 is 5.32 Å². The van der Waals surface area contributed by atoms with E-state index in [-0.39, 0.29) is 5.91 Å². The highest BCUT2D eigenvalue weighted by Gasteiger charge is 2.13. The SMILES string of the molecule is O=C(Nc1cccc(Br)c1)c1ccc2sc3nc4ccccc4nc3c2c1. The van der Waals surface area contributed by atoms with E-state index in [9.17, 15) is 4.79 Å². The zero-order chi connectivity index (χ0) is 18.4. The van der Waals surface area contributed by atoms with E-state index in [1.54, 1.807) is 11.3 Å². The average Bonchev–Trinajstić information content (AvgIpc) is 3.02. The highest BCUT2D eigenvalue weighted by molar-refractivity contribution is 9.10. The van der Waals surface area contributed by atoms with Gasteiger partial charge in [-0.15, -0.1) is 11.3 Å². The number of carbonyl (C=O) groups excluding carboxylic acids is 1. The second-order valence-electron chi connectivity index (χ2n) is 6.14. The fraction of sp³-hybridized carbons (Fsp3) is 0. The molecule has 27 heavy (non-hydrogen) atoms. The zero-order valence-corrected chi connectivity index (χ0v) is 16.3. The maximum absolute atomic E-state index is 12.7. The molecule has 2 heterocycles. The number of hydrogen-bond donors (Lipinski definition) is 1. The van der Waals surface area contributed by atoms with Crippen LogP contribution in [-0.4, -0.2) is 15.9 Å². The fourth-order valence-electron chi connectivity index (χ4n) is 3.05. The van der Waals surface area contributed by atoms with Crippen molar-refractivity contribution < 1.29 is 4.79 Å². The molecule has 0 atom stereocenters. The van der Waals surface area contributed by atoms with Crippen LogP contribution in [0.25, 0.3) is 31.5 Å². The van der Waals surface area contributed by atoms with Gasteiger partial charge in [0.1, 0.15) is 10.3 Å². The molecule has 2 aromatic heterocycles. The summed E-state index contributed by atoms with van der Waals surface area (Å²) in [7, 11) is 0. The highest BCUT2D eigenvalue weighted by atomic mass is 79.9. The summed E-state index contributed by atoms with van der Waals surface area (Å²) >= 11 is 5.01. The molecule has 0 fully saturated rings. The van der Waals surface area contributed by atoms with Crippen molar-refractivity contribution in [1.29, 1.82) is 0 Å². The molecule has 6 heteroatoms. The Balaban J connectivity index is 1.60. The first kappa shape index (κ1) is 16.4. The number of anilines is 1. The van der Waals surface area contributed by atoms with Crippen molar-refractivity contribution in [3.63, 3.8) is 0 Å². The van der Waals surface area contributed by atoms with Gasteiger partial charge in [-0.25, -0.2) is 9.97 Å². The predicted octanol–water partition coefficient (Wildman–Crippen LogP) is 6.01. The quantitative estimate of drug-likeness (QED) is 0.370. The molecule has 4 nitrogen and oxygen atoms in total. The summed E-state index contributed by atoms with van der Waals surface area (Å²) in [6.07, 6.45) is 0. The molecule has 5 aromatic rings. The van der Waals surface area contributed by atoms with Crippen molar-refractivity contribution >= 4 is 70.3 Å². The predicted molar refractivity (Wildman–Crippen MR) is 115 cm³/mol. The third-order valence-electron chi connectivity index (χ3n) is 4.32. The maximum atomic E-state index is 12.7. The van der Waals surface area contributed by atoms with Crippen LogP contribution in [0.1, 0.15) is 10.4 Å². The molecule has 0 saturated heterocycles. The molecule has 1 amide bonds. The molecule has 0 saturated carbocycles. The van der Waals surface area contributed by atoms with Gasteiger partial charge in [-0.3, -0.25) is 4.79 Å². The number of rotatable bonds is 2. The van der Waals surface area contributed by atoms with E-state index in [0.717, 1.165) is 41.6 Å². The molecule has 3 aromatic carbocycles. The van der Waals surface area contributed by atoms with Gasteiger partial charge < -0.3 is 5.32 Å².